The van der Waals surface area contributed by atoms with E-state index in [0.29, 0.717) is 25.9 Å². The summed E-state index contributed by atoms with van der Waals surface area (Å²) in [4.78, 5) is 25.0. The summed E-state index contributed by atoms with van der Waals surface area (Å²) in [5.74, 6) is -0.962. The SMILES string of the molecule is CC1CN(C(=O)Cc2ccccc2)CCC1C(=O)O. The minimum atomic E-state index is -0.748. The molecule has 1 heterocycles. The van der Waals surface area contributed by atoms with Crippen molar-refractivity contribution >= 4 is 11.9 Å². The molecule has 1 N–H and O–H groups in total. The second-order valence-electron chi connectivity index (χ2n) is 5.21. The summed E-state index contributed by atoms with van der Waals surface area (Å²) >= 11 is 0. The Hall–Kier alpha value is -1.84. The molecule has 2 atom stereocenters. The molecule has 1 fully saturated rings. The first-order chi connectivity index (χ1) is 9.08. The lowest BCUT2D eigenvalue weighted by Gasteiger charge is -2.35. The van der Waals surface area contributed by atoms with Crippen molar-refractivity contribution in [2.75, 3.05) is 13.1 Å². The van der Waals surface area contributed by atoms with Crippen LogP contribution in [0.3, 0.4) is 0 Å². The molecule has 0 aliphatic carbocycles. The van der Waals surface area contributed by atoms with Crippen molar-refractivity contribution in [3.63, 3.8) is 0 Å². The molecular formula is C15H19NO3. The molecule has 1 aromatic carbocycles. The standard InChI is InChI=1S/C15H19NO3/c1-11-10-16(8-7-13(11)15(18)19)14(17)9-12-5-3-2-4-6-12/h2-6,11,13H,7-10H2,1H3,(H,18,19). The van der Waals surface area contributed by atoms with Crippen LogP contribution in [0.15, 0.2) is 30.3 Å². The van der Waals surface area contributed by atoms with Crippen LogP contribution >= 0.6 is 0 Å². The summed E-state index contributed by atoms with van der Waals surface area (Å²) in [6.45, 7) is 3.00. The second-order valence-corrected chi connectivity index (χ2v) is 5.21. The van der Waals surface area contributed by atoms with E-state index >= 15 is 0 Å². The Morgan fingerprint density at radius 2 is 2.00 bits per heavy atom. The topological polar surface area (TPSA) is 57.6 Å². The van der Waals surface area contributed by atoms with E-state index in [1.165, 1.54) is 0 Å². The highest BCUT2D eigenvalue weighted by atomic mass is 16.4. The van der Waals surface area contributed by atoms with Crippen molar-refractivity contribution in [2.45, 2.75) is 19.8 Å². The lowest BCUT2D eigenvalue weighted by molar-refractivity contribution is -0.148. The molecular weight excluding hydrogens is 242 g/mol. The van der Waals surface area contributed by atoms with Gasteiger partial charge in [-0.15, -0.1) is 0 Å². The molecule has 2 rings (SSSR count). The lowest BCUT2D eigenvalue weighted by atomic mass is 9.87. The summed E-state index contributed by atoms with van der Waals surface area (Å²) in [6, 6.07) is 9.63. The van der Waals surface area contributed by atoms with Gasteiger partial charge in [0.15, 0.2) is 0 Å². The number of amides is 1. The smallest absolute Gasteiger partial charge is 0.306 e. The van der Waals surface area contributed by atoms with Gasteiger partial charge in [0.2, 0.25) is 5.91 Å². The average Bonchev–Trinajstić information content (AvgIpc) is 2.39. The Morgan fingerprint density at radius 3 is 2.58 bits per heavy atom. The third-order valence-electron chi connectivity index (χ3n) is 3.77. The van der Waals surface area contributed by atoms with Crippen molar-refractivity contribution in [1.82, 2.24) is 4.90 Å². The Morgan fingerprint density at radius 1 is 1.32 bits per heavy atom. The van der Waals surface area contributed by atoms with Crippen molar-refractivity contribution in [1.29, 1.82) is 0 Å². The maximum atomic E-state index is 12.2. The maximum absolute atomic E-state index is 12.2. The predicted octanol–water partition coefficient (Wildman–Crippen LogP) is 1.80. The van der Waals surface area contributed by atoms with Gasteiger partial charge in [-0.05, 0) is 17.9 Å². The van der Waals surface area contributed by atoms with Crippen LogP contribution in [0.4, 0.5) is 0 Å². The fourth-order valence-corrected chi connectivity index (χ4v) is 2.62. The molecule has 19 heavy (non-hydrogen) atoms. The van der Waals surface area contributed by atoms with Gasteiger partial charge in [-0.25, -0.2) is 0 Å². The van der Waals surface area contributed by atoms with Gasteiger partial charge in [0.05, 0.1) is 12.3 Å². The molecule has 4 heteroatoms. The highest BCUT2D eigenvalue weighted by Gasteiger charge is 2.32. The average molecular weight is 261 g/mol. The fraction of sp³-hybridized carbons (Fsp3) is 0.467. The summed E-state index contributed by atoms with van der Waals surface area (Å²) < 4.78 is 0. The first-order valence-corrected chi connectivity index (χ1v) is 6.62. The zero-order chi connectivity index (χ0) is 13.8. The molecule has 0 aromatic heterocycles. The third kappa shape index (κ3) is 3.34. The van der Waals surface area contributed by atoms with E-state index < -0.39 is 5.97 Å². The number of carbonyl (C=O) groups is 2. The number of carboxylic acids is 1. The highest BCUT2D eigenvalue weighted by Crippen LogP contribution is 2.24. The normalized spacial score (nSPS) is 23.1. The number of likely N-dealkylation sites (tertiary alicyclic amines) is 1. The number of piperidine rings is 1. The molecule has 0 bridgehead atoms. The summed E-state index contributed by atoms with van der Waals surface area (Å²) in [6.07, 6.45) is 0.947. The molecule has 2 unspecified atom stereocenters. The van der Waals surface area contributed by atoms with Crippen LogP contribution in [0.5, 0.6) is 0 Å². The molecule has 102 valence electrons. The monoisotopic (exact) mass is 261 g/mol. The predicted molar refractivity (Wildman–Crippen MR) is 71.6 cm³/mol. The third-order valence-corrected chi connectivity index (χ3v) is 3.77. The van der Waals surface area contributed by atoms with E-state index in [-0.39, 0.29) is 17.7 Å². The zero-order valence-electron chi connectivity index (χ0n) is 11.1. The van der Waals surface area contributed by atoms with Gasteiger partial charge in [0.1, 0.15) is 0 Å². The van der Waals surface area contributed by atoms with Gasteiger partial charge in [-0.3, -0.25) is 9.59 Å². The van der Waals surface area contributed by atoms with Crippen LogP contribution < -0.4 is 0 Å². The Kier molecular flexibility index (Phi) is 4.20. The van der Waals surface area contributed by atoms with Crippen molar-refractivity contribution < 1.29 is 14.7 Å². The van der Waals surface area contributed by atoms with E-state index in [9.17, 15) is 9.59 Å². The number of benzene rings is 1. The van der Waals surface area contributed by atoms with Gasteiger partial charge in [0.25, 0.3) is 0 Å². The first-order valence-electron chi connectivity index (χ1n) is 6.62. The summed E-state index contributed by atoms with van der Waals surface area (Å²) in [7, 11) is 0. The van der Waals surface area contributed by atoms with Crippen molar-refractivity contribution in [2.24, 2.45) is 11.8 Å². The van der Waals surface area contributed by atoms with Crippen molar-refractivity contribution in [3.8, 4) is 0 Å². The summed E-state index contributed by atoms with van der Waals surface area (Å²) in [5, 5.41) is 9.07. The van der Waals surface area contributed by atoms with Crippen LogP contribution in [0.1, 0.15) is 18.9 Å². The molecule has 1 aliphatic heterocycles. The minimum Gasteiger partial charge on any atom is -0.481 e. The van der Waals surface area contributed by atoms with Gasteiger partial charge < -0.3 is 10.0 Å². The van der Waals surface area contributed by atoms with Crippen LogP contribution in [0.25, 0.3) is 0 Å². The first kappa shape index (κ1) is 13.6. The second kappa shape index (κ2) is 5.87. The van der Waals surface area contributed by atoms with Crippen LogP contribution in [-0.2, 0) is 16.0 Å². The molecule has 1 aromatic rings. The van der Waals surface area contributed by atoms with E-state index in [0.717, 1.165) is 5.56 Å². The van der Waals surface area contributed by atoms with Gasteiger partial charge in [0, 0.05) is 13.1 Å². The Labute approximate surface area is 113 Å². The zero-order valence-corrected chi connectivity index (χ0v) is 11.1. The molecule has 0 saturated carbocycles. The van der Waals surface area contributed by atoms with Crippen LogP contribution in [-0.4, -0.2) is 35.0 Å². The van der Waals surface area contributed by atoms with Gasteiger partial charge in [-0.1, -0.05) is 37.3 Å². The van der Waals surface area contributed by atoms with Gasteiger partial charge >= 0.3 is 5.97 Å². The van der Waals surface area contributed by atoms with E-state index in [2.05, 4.69) is 0 Å². The number of rotatable bonds is 3. The number of hydrogen-bond donors (Lipinski definition) is 1. The quantitative estimate of drug-likeness (QED) is 0.902. The molecule has 1 aliphatic rings. The number of aliphatic carboxylic acids is 1. The largest absolute Gasteiger partial charge is 0.481 e. The van der Waals surface area contributed by atoms with Crippen molar-refractivity contribution in [3.05, 3.63) is 35.9 Å². The minimum absolute atomic E-state index is 0.0194. The molecule has 0 radical (unpaired) electrons. The Balaban J connectivity index is 1.93. The molecule has 4 nitrogen and oxygen atoms in total. The van der Waals surface area contributed by atoms with Crippen LogP contribution in [0, 0.1) is 11.8 Å². The van der Waals surface area contributed by atoms with E-state index in [1.807, 2.05) is 37.3 Å². The molecule has 1 saturated heterocycles. The number of nitrogens with zero attached hydrogens (tertiary/aromatic N) is 1. The lowest BCUT2D eigenvalue weighted by Crippen LogP contribution is -2.45. The fourth-order valence-electron chi connectivity index (χ4n) is 2.62. The number of carboxylic acid groups (broad SMARTS) is 1. The van der Waals surface area contributed by atoms with E-state index in [4.69, 9.17) is 5.11 Å². The Bertz CT molecular complexity index is 458. The van der Waals surface area contributed by atoms with Gasteiger partial charge in [-0.2, -0.15) is 0 Å². The number of hydrogen-bond acceptors (Lipinski definition) is 2. The maximum Gasteiger partial charge on any atom is 0.306 e. The van der Waals surface area contributed by atoms with Crippen LogP contribution in [0.2, 0.25) is 0 Å². The molecule has 1 amide bonds. The van der Waals surface area contributed by atoms with E-state index in [1.54, 1.807) is 4.90 Å². The highest BCUT2D eigenvalue weighted by molar-refractivity contribution is 5.79. The summed E-state index contributed by atoms with van der Waals surface area (Å²) in [5.41, 5.74) is 1.00. The number of carbonyl (C=O) groups excluding carboxylic acids is 1. The molecule has 0 spiro atoms.